The van der Waals surface area contributed by atoms with Gasteiger partial charge in [-0.2, -0.15) is 5.10 Å². The van der Waals surface area contributed by atoms with Crippen LogP contribution in [0.15, 0.2) is 47.4 Å². The molecule has 0 aliphatic rings. The van der Waals surface area contributed by atoms with Crippen LogP contribution in [0.2, 0.25) is 5.02 Å². The van der Waals surface area contributed by atoms with Crippen molar-refractivity contribution in [3.05, 3.63) is 70.5 Å². The molecule has 10 heteroatoms. The zero-order chi connectivity index (χ0) is 20.1. The standard InChI is InChI=1S/C18H18ClFN4O3S/c1-27-15-6-5-13(19)11-16(15)28(25,26)21-8-7-17-22-18(24-23-17)10-12-3-2-4-14(20)9-12/h2-6,9,11,21H,7-8,10H2,1H3,(H,22,23,24). The third kappa shape index (κ3) is 5.06. The molecule has 0 spiro atoms. The number of rotatable bonds is 8. The third-order valence-corrected chi connectivity index (χ3v) is 5.61. The van der Waals surface area contributed by atoms with Crippen LogP contribution in [0.1, 0.15) is 17.2 Å². The molecule has 0 saturated carbocycles. The minimum atomic E-state index is -3.81. The average molecular weight is 425 g/mol. The summed E-state index contributed by atoms with van der Waals surface area (Å²) in [4.78, 5) is 4.27. The van der Waals surface area contributed by atoms with Gasteiger partial charge in [-0.25, -0.2) is 22.5 Å². The molecule has 0 unspecified atom stereocenters. The number of benzene rings is 2. The first kappa shape index (κ1) is 20.2. The van der Waals surface area contributed by atoms with Crippen molar-refractivity contribution in [3.63, 3.8) is 0 Å². The van der Waals surface area contributed by atoms with E-state index in [4.69, 9.17) is 16.3 Å². The fourth-order valence-electron chi connectivity index (χ4n) is 2.60. The highest BCUT2D eigenvalue weighted by Gasteiger charge is 2.20. The minimum Gasteiger partial charge on any atom is -0.495 e. The summed E-state index contributed by atoms with van der Waals surface area (Å²) in [5.74, 6) is 0.905. The molecule has 0 atom stereocenters. The molecule has 0 amide bonds. The van der Waals surface area contributed by atoms with Gasteiger partial charge in [-0.15, -0.1) is 0 Å². The largest absolute Gasteiger partial charge is 0.495 e. The Morgan fingerprint density at radius 1 is 1.25 bits per heavy atom. The summed E-state index contributed by atoms with van der Waals surface area (Å²) >= 11 is 5.89. The van der Waals surface area contributed by atoms with Gasteiger partial charge in [0, 0.05) is 24.4 Å². The topological polar surface area (TPSA) is 97.0 Å². The molecular weight excluding hydrogens is 407 g/mol. The van der Waals surface area contributed by atoms with Crippen molar-refractivity contribution in [2.75, 3.05) is 13.7 Å². The summed E-state index contributed by atoms with van der Waals surface area (Å²) in [6, 6.07) is 10.6. The maximum Gasteiger partial charge on any atom is 0.244 e. The number of ether oxygens (including phenoxy) is 1. The van der Waals surface area contributed by atoms with Gasteiger partial charge < -0.3 is 4.74 Å². The Labute approximate surface area is 167 Å². The van der Waals surface area contributed by atoms with E-state index >= 15 is 0 Å². The summed E-state index contributed by atoms with van der Waals surface area (Å²) in [6.45, 7) is 0.0925. The Hall–Kier alpha value is -2.49. The summed E-state index contributed by atoms with van der Waals surface area (Å²) < 4.78 is 45.8. The molecule has 2 N–H and O–H groups in total. The van der Waals surface area contributed by atoms with Crippen molar-refractivity contribution in [1.82, 2.24) is 19.9 Å². The van der Waals surface area contributed by atoms with Crippen LogP contribution in [0.25, 0.3) is 0 Å². The van der Waals surface area contributed by atoms with Crippen LogP contribution in [0, 0.1) is 5.82 Å². The molecule has 148 valence electrons. The van der Waals surface area contributed by atoms with Crippen LogP contribution in [0.4, 0.5) is 4.39 Å². The lowest BCUT2D eigenvalue weighted by molar-refractivity contribution is 0.402. The third-order valence-electron chi connectivity index (χ3n) is 3.89. The molecule has 1 aromatic heterocycles. The van der Waals surface area contributed by atoms with Crippen LogP contribution in [0.5, 0.6) is 5.75 Å². The number of H-pyrrole nitrogens is 1. The van der Waals surface area contributed by atoms with E-state index in [1.807, 2.05) is 0 Å². The van der Waals surface area contributed by atoms with E-state index in [-0.39, 0.29) is 34.5 Å². The number of aromatic amines is 1. The number of hydrogen-bond donors (Lipinski definition) is 2. The van der Waals surface area contributed by atoms with Crippen LogP contribution >= 0.6 is 11.6 Å². The molecule has 0 radical (unpaired) electrons. The van der Waals surface area contributed by atoms with Crippen LogP contribution in [0.3, 0.4) is 0 Å². The quantitative estimate of drug-likeness (QED) is 0.579. The Morgan fingerprint density at radius 2 is 2.07 bits per heavy atom. The molecule has 1 heterocycles. The Kier molecular flexibility index (Phi) is 6.28. The molecule has 0 aliphatic heterocycles. The first-order valence-corrected chi connectivity index (χ1v) is 10.2. The molecule has 7 nitrogen and oxygen atoms in total. The number of nitrogens with one attached hydrogen (secondary N) is 2. The van der Waals surface area contributed by atoms with E-state index in [2.05, 4.69) is 19.9 Å². The van der Waals surface area contributed by atoms with E-state index in [9.17, 15) is 12.8 Å². The first-order valence-electron chi connectivity index (χ1n) is 8.35. The number of nitrogens with zero attached hydrogens (tertiary/aromatic N) is 2. The van der Waals surface area contributed by atoms with E-state index in [1.54, 1.807) is 18.2 Å². The van der Waals surface area contributed by atoms with Gasteiger partial charge in [0.2, 0.25) is 10.0 Å². The number of halogens is 2. The van der Waals surface area contributed by atoms with Gasteiger partial charge in [0.05, 0.1) is 7.11 Å². The van der Waals surface area contributed by atoms with Gasteiger partial charge in [-0.3, -0.25) is 5.10 Å². The van der Waals surface area contributed by atoms with Crippen molar-refractivity contribution in [2.24, 2.45) is 0 Å². The van der Waals surface area contributed by atoms with E-state index in [0.717, 1.165) is 5.56 Å². The highest BCUT2D eigenvalue weighted by molar-refractivity contribution is 7.89. The second-order valence-corrected chi connectivity index (χ2v) is 8.12. The molecule has 0 saturated heterocycles. The zero-order valence-electron chi connectivity index (χ0n) is 14.9. The number of methoxy groups -OCH3 is 1. The minimum absolute atomic E-state index is 0.0377. The fraction of sp³-hybridized carbons (Fsp3) is 0.222. The van der Waals surface area contributed by atoms with Crippen molar-refractivity contribution in [2.45, 2.75) is 17.7 Å². The highest BCUT2D eigenvalue weighted by atomic mass is 35.5. The monoisotopic (exact) mass is 424 g/mol. The predicted molar refractivity (Wildman–Crippen MR) is 102 cm³/mol. The van der Waals surface area contributed by atoms with Crippen LogP contribution < -0.4 is 9.46 Å². The number of hydrogen-bond acceptors (Lipinski definition) is 5. The maximum absolute atomic E-state index is 13.2. The van der Waals surface area contributed by atoms with Crippen molar-refractivity contribution >= 4 is 21.6 Å². The zero-order valence-corrected chi connectivity index (χ0v) is 16.5. The van der Waals surface area contributed by atoms with Crippen molar-refractivity contribution < 1.29 is 17.5 Å². The molecule has 0 bridgehead atoms. The van der Waals surface area contributed by atoms with Crippen LogP contribution in [-0.2, 0) is 22.9 Å². The fourth-order valence-corrected chi connectivity index (χ4v) is 4.06. The summed E-state index contributed by atoms with van der Waals surface area (Å²) in [6.07, 6.45) is 0.679. The summed E-state index contributed by atoms with van der Waals surface area (Å²) in [7, 11) is -2.42. The van der Waals surface area contributed by atoms with E-state index in [1.165, 1.54) is 31.4 Å². The highest BCUT2D eigenvalue weighted by Crippen LogP contribution is 2.26. The number of sulfonamides is 1. The van der Waals surface area contributed by atoms with Gasteiger partial charge in [-0.1, -0.05) is 23.7 Å². The van der Waals surface area contributed by atoms with Gasteiger partial charge >= 0.3 is 0 Å². The molecule has 2 aromatic carbocycles. The summed E-state index contributed by atoms with van der Waals surface area (Å²) in [5, 5.41) is 7.13. The van der Waals surface area contributed by atoms with E-state index in [0.29, 0.717) is 18.1 Å². The Morgan fingerprint density at radius 3 is 2.82 bits per heavy atom. The van der Waals surface area contributed by atoms with Gasteiger partial charge in [-0.05, 0) is 35.9 Å². The summed E-state index contributed by atoms with van der Waals surface area (Å²) in [5.41, 5.74) is 0.761. The second kappa shape index (κ2) is 8.68. The molecule has 0 aliphatic carbocycles. The van der Waals surface area contributed by atoms with Gasteiger partial charge in [0.1, 0.15) is 22.3 Å². The maximum atomic E-state index is 13.2. The number of aromatic nitrogens is 3. The molecule has 0 fully saturated rings. The molecule has 3 rings (SSSR count). The Bertz CT molecular complexity index is 1070. The SMILES string of the molecule is COc1ccc(Cl)cc1S(=O)(=O)NCCc1n[nH]c(Cc2cccc(F)c2)n1. The average Bonchev–Trinajstić information content (AvgIpc) is 3.08. The van der Waals surface area contributed by atoms with Crippen molar-refractivity contribution in [3.8, 4) is 5.75 Å². The van der Waals surface area contributed by atoms with Crippen LogP contribution in [-0.4, -0.2) is 37.3 Å². The Balaban J connectivity index is 1.61. The smallest absolute Gasteiger partial charge is 0.244 e. The lowest BCUT2D eigenvalue weighted by Gasteiger charge is -2.10. The van der Waals surface area contributed by atoms with Crippen molar-refractivity contribution in [1.29, 1.82) is 0 Å². The lowest BCUT2D eigenvalue weighted by atomic mass is 10.1. The normalized spacial score (nSPS) is 11.5. The van der Waals surface area contributed by atoms with Gasteiger partial charge in [0.25, 0.3) is 0 Å². The first-order chi connectivity index (χ1) is 13.4. The molecule has 3 aromatic rings. The lowest BCUT2D eigenvalue weighted by Crippen LogP contribution is -2.26. The predicted octanol–water partition coefficient (Wildman–Crippen LogP) is 2.72. The van der Waals surface area contributed by atoms with Gasteiger partial charge in [0.15, 0.2) is 5.82 Å². The molecular formula is C18H18ClFN4O3S. The van der Waals surface area contributed by atoms with E-state index < -0.39 is 10.0 Å². The molecule has 28 heavy (non-hydrogen) atoms. The second-order valence-electron chi connectivity index (χ2n) is 5.95.